The maximum absolute atomic E-state index is 12.1. The van der Waals surface area contributed by atoms with E-state index in [1.165, 1.54) is 11.9 Å². The van der Waals surface area contributed by atoms with Gasteiger partial charge in [0, 0.05) is 21.5 Å². The quantitative estimate of drug-likeness (QED) is 0.340. The molecule has 0 saturated heterocycles. The van der Waals surface area contributed by atoms with E-state index in [4.69, 9.17) is 23.8 Å². The zero-order chi connectivity index (χ0) is 19.8. The highest BCUT2D eigenvalue weighted by Crippen LogP contribution is 2.27. The van der Waals surface area contributed by atoms with Crippen LogP contribution in [0.15, 0.2) is 39.7 Å². The number of rotatable bonds is 4. The molecule has 1 aromatic carbocycles. The molecule has 2 heterocycles. The van der Waals surface area contributed by atoms with Crippen LogP contribution < -0.4 is 5.56 Å². The molecule has 0 spiro atoms. The summed E-state index contributed by atoms with van der Waals surface area (Å²) < 4.78 is 6.98. The van der Waals surface area contributed by atoms with E-state index in [1.807, 2.05) is 35.8 Å². The van der Waals surface area contributed by atoms with Gasteiger partial charge in [-0.2, -0.15) is 0 Å². The third kappa shape index (κ3) is 4.54. The third-order valence-corrected chi connectivity index (χ3v) is 5.43. The van der Waals surface area contributed by atoms with Crippen molar-refractivity contribution in [3.05, 3.63) is 61.7 Å². The third-order valence-electron chi connectivity index (χ3n) is 3.96. The average molecular weight is 421 g/mol. The molecule has 0 bridgehead atoms. The second kappa shape index (κ2) is 7.66. The average Bonchev–Trinajstić information content (AvgIpc) is 3.07. The highest BCUT2D eigenvalue weighted by atomic mass is 35.5. The minimum absolute atomic E-state index is 0.0265. The number of nitrogens with one attached hydrogen (secondary N) is 2. The number of hydrogen-bond donors (Lipinski definition) is 2. The predicted molar refractivity (Wildman–Crippen MR) is 118 cm³/mol. The normalized spacial score (nSPS) is 12.7. The summed E-state index contributed by atoms with van der Waals surface area (Å²) in [4.78, 5) is 17.7. The lowest BCUT2D eigenvalue weighted by atomic mass is 10.0. The Morgan fingerprint density at radius 2 is 2.07 bits per heavy atom. The molecule has 0 radical (unpaired) electrons. The fourth-order valence-corrected chi connectivity index (χ4v) is 3.65. The van der Waals surface area contributed by atoms with Crippen LogP contribution in [0.25, 0.3) is 11.0 Å². The van der Waals surface area contributed by atoms with E-state index in [1.54, 1.807) is 6.20 Å². The summed E-state index contributed by atoms with van der Waals surface area (Å²) in [7, 11) is 0. The molecule has 0 unspecified atom stereocenters. The van der Waals surface area contributed by atoms with Crippen LogP contribution in [0.5, 0.6) is 0 Å². The van der Waals surface area contributed by atoms with Gasteiger partial charge in [-0.05, 0) is 75.6 Å². The molecular weight excluding hydrogens is 400 g/mol. The minimum Gasteiger partial charge on any atom is -0.355 e. The Bertz CT molecular complexity index is 1140. The summed E-state index contributed by atoms with van der Waals surface area (Å²) in [6.07, 6.45) is 1.74. The number of hydrogen-bond acceptors (Lipinski definition) is 4. The minimum atomic E-state index is -0.216. The molecule has 3 rings (SSSR count). The van der Waals surface area contributed by atoms with Crippen molar-refractivity contribution in [1.82, 2.24) is 14.5 Å². The van der Waals surface area contributed by atoms with Gasteiger partial charge in [-0.3, -0.25) is 9.78 Å². The molecule has 8 heteroatoms. The number of aromatic nitrogens is 3. The predicted octanol–water partition coefficient (Wildman–Crippen LogP) is 5.34. The largest absolute Gasteiger partial charge is 0.355 e. The van der Waals surface area contributed by atoms with E-state index in [2.05, 4.69) is 35.1 Å². The summed E-state index contributed by atoms with van der Waals surface area (Å²) in [6.45, 7) is 8.84. The molecule has 3 aromatic rings. The lowest BCUT2D eigenvalue weighted by molar-refractivity contribution is 0.781. The molecule has 5 nitrogen and oxygen atoms in total. The molecule has 2 aromatic heterocycles. The lowest BCUT2D eigenvalue weighted by Crippen LogP contribution is -2.16. The van der Waals surface area contributed by atoms with Crippen LogP contribution in [0.2, 0.25) is 5.02 Å². The van der Waals surface area contributed by atoms with Gasteiger partial charge in [-0.15, -0.1) is 0 Å². The van der Waals surface area contributed by atoms with E-state index in [0.717, 1.165) is 22.4 Å². The second-order valence-corrected chi connectivity index (χ2v) is 9.68. The van der Waals surface area contributed by atoms with Crippen LogP contribution in [0.1, 0.15) is 38.8 Å². The number of aromatic amines is 2. The van der Waals surface area contributed by atoms with Crippen molar-refractivity contribution in [2.45, 2.75) is 39.0 Å². The van der Waals surface area contributed by atoms with Crippen molar-refractivity contribution in [2.24, 2.45) is 4.40 Å². The number of benzene rings is 1. The van der Waals surface area contributed by atoms with Crippen LogP contribution in [-0.4, -0.2) is 25.0 Å². The zero-order valence-corrected chi connectivity index (χ0v) is 18.0. The van der Waals surface area contributed by atoms with Crippen molar-refractivity contribution < 1.29 is 0 Å². The topological polar surface area (TPSA) is 65.9 Å². The molecule has 0 aliphatic carbocycles. The van der Waals surface area contributed by atoms with Gasteiger partial charge in [-0.25, -0.2) is 4.40 Å². The number of H-pyrrole nitrogens is 2. The van der Waals surface area contributed by atoms with Crippen molar-refractivity contribution >= 4 is 52.5 Å². The lowest BCUT2D eigenvalue weighted by Gasteiger charge is -2.16. The molecule has 0 amide bonds. The second-order valence-electron chi connectivity index (χ2n) is 7.27. The standard InChI is InChI=1S/C19H21ClN4OS2/c1-11(23-27-19(2,3)4)14-9-13(20)6-5-12(14)10-24-15-7-8-21-16(15)17(25)22-18(24)26/h5-9,21H,10H2,1-4H3,(H,22,25,26)/b23-11+. The van der Waals surface area contributed by atoms with Crippen LogP contribution in [0.3, 0.4) is 0 Å². The fourth-order valence-electron chi connectivity index (χ4n) is 2.71. The van der Waals surface area contributed by atoms with Gasteiger partial charge in [-0.1, -0.05) is 17.7 Å². The van der Waals surface area contributed by atoms with Crippen molar-refractivity contribution in [3.8, 4) is 0 Å². The van der Waals surface area contributed by atoms with Gasteiger partial charge >= 0.3 is 0 Å². The molecule has 142 valence electrons. The van der Waals surface area contributed by atoms with E-state index in [-0.39, 0.29) is 10.3 Å². The Kier molecular flexibility index (Phi) is 5.65. The Morgan fingerprint density at radius 1 is 1.33 bits per heavy atom. The summed E-state index contributed by atoms with van der Waals surface area (Å²) in [5.74, 6) is 0. The van der Waals surface area contributed by atoms with E-state index < -0.39 is 0 Å². The summed E-state index contributed by atoms with van der Waals surface area (Å²) in [5.41, 5.74) is 3.95. The summed E-state index contributed by atoms with van der Waals surface area (Å²) in [6, 6.07) is 7.60. The SMILES string of the molecule is C/C(=N\SC(C)(C)C)c1cc(Cl)ccc1Cn1c(=S)[nH]c(=O)c2[nH]ccc21. The Labute approximate surface area is 172 Å². The van der Waals surface area contributed by atoms with Gasteiger partial charge in [0.05, 0.1) is 17.8 Å². The molecule has 0 aliphatic heterocycles. The summed E-state index contributed by atoms with van der Waals surface area (Å²) >= 11 is 13.2. The Hall–Kier alpha value is -1.83. The fraction of sp³-hybridized carbons (Fsp3) is 0.316. The van der Waals surface area contributed by atoms with Crippen LogP contribution >= 0.6 is 35.8 Å². The first-order valence-corrected chi connectivity index (χ1v) is 10.0. The van der Waals surface area contributed by atoms with Gasteiger partial charge in [0.1, 0.15) is 5.52 Å². The van der Waals surface area contributed by atoms with Crippen LogP contribution in [0, 0.1) is 4.77 Å². The Balaban J connectivity index is 2.08. The first-order valence-electron chi connectivity index (χ1n) is 8.47. The van der Waals surface area contributed by atoms with Crippen molar-refractivity contribution in [2.75, 3.05) is 0 Å². The van der Waals surface area contributed by atoms with Gasteiger partial charge in [0.2, 0.25) is 0 Å². The molecule has 0 saturated carbocycles. The molecule has 0 aliphatic rings. The number of halogens is 1. The molecule has 27 heavy (non-hydrogen) atoms. The van der Waals surface area contributed by atoms with Crippen LogP contribution in [0.4, 0.5) is 0 Å². The van der Waals surface area contributed by atoms with Crippen molar-refractivity contribution in [3.63, 3.8) is 0 Å². The molecular formula is C19H21ClN4OS2. The smallest absolute Gasteiger partial charge is 0.276 e. The molecule has 0 atom stereocenters. The molecule has 2 N–H and O–H groups in total. The monoisotopic (exact) mass is 420 g/mol. The van der Waals surface area contributed by atoms with Gasteiger partial charge in [0.25, 0.3) is 5.56 Å². The zero-order valence-electron chi connectivity index (χ0n) is 15.6. The van der Waals surface area contributed by atoms with E-state index >= 15 is 0 Å². The molecule has 0 fully saturated rings. The maximum atomic E-state index is 12.1. The number of fused-ring (bicyclic) bond motifs is 1. The highest BCUT2D eigenvalue weighted by Gasteiger charge is 2.14. The highest BCUT2D eigenvalue weighted by molar-refractivity contribution is 7.99. The van der Waals surface area contributed by atoms with E-state index in [9.17, 15) is 4.79 Å². The maximum Gasteiger partial charge on any atom is 0.276 e. The van der Waals surface area contributed by atoms with Crippen molar-refractivity contribution in [1.29, 1.82) is 0 Å². The van der Waals surface area contributed by atoms with Crippen LogP contribution in [-0.2, 0) is 6.54 Å². The van der Waals surface area contributed by atoms with Gasteiger partial charge < -0.3 is 9.55 Å². The summed E-state index contributed by atoms with van der Waals surface area (Å²) in [5, 5.41) is 0.654. The number of nitrogens with zero attached hydrogens (tertiary/aromatic N) is 2. The first kappa shape index (κ1) is 19.9. The Morgan fingerprint density at radius 3 is 2.78 bits per heavy atom. The van der Waals surface area contributed by atoms with Gasteiger partial charge in [0.15, 0.2) is 4.77 Å². The van der Waals surface area contributed by atoms with E-state index in [0.29, 0.717) is 21.9 Å². The first-order chi connectivity index (χ1) is 12.7.